The number of benzene rings is 1. The maximum atomic E-state index is 14.4. The number of aliphatic hydroxyl groups excluding tert-OH is 1. The Kier molecular flexibility index (Phi) is 7.04. The maximum Gasteiger partial charge on any atom is 0.308 e. The van der Waals surface area contributed by atoms with Crippen molar-refractivity contribution < 1.29 is 24.6 Å². The minimum atomic E-state index is -0.974. The molecule has 4 rings (SSSR count). The predicted octanol–water partition coefficient (Wildman–Crippen LogP) is 3.36. The lowest BCUT2D eigenvalue weighted by molar-refractivity contribution is -0.149. The van der Waals surface area contributed by atoms with Gasteiger partial charge in [-0.1, -0.05) is 36.7 Å². The summed E-state index contributed by atoms with van der Waals surface area (Å²) in [4.78, 5) is 43.6. The molecular formula is C25H31ClN2O5S. The molecule has 34 heavy (non-hydrogen) atoms. The Hall–Kier alpha value is -2.03. The Bertz CT molecular complexity index is 999. The molecule has 9 heteroatoms. The number of aliphatic carboxylic acids is 1. The van der Waals surface area contributed by atoms with Gasteiger partial charge in [0, 0.05) is 24.9 Å². The van der Waals surface area contributed by atoms with Crippen LogP contribution in [0.3, 0.4) is 0 Å². The average Bonchev–Trinajstić information content (AvgIpc) is 3.37. The monoisotopic (exact) mass is 506 g/mol. The van der Waals surface area contributed by atoms with E-state index in [9.17, 15) is 24.6 Å². The number of unbranched alkanes of at least 4 members (excludes halogenated alkanes) is 1. The summed E-state index contributed by atoms with van der Waals surface area (Å²) in [5, 5.41) is 19.5. The highest BCUT2D eigenvalue weighted by atomic mass is 35.5. The fraction of sp³-hybridized carbons (Fsp3) is 0.560. The van der Waals surface area contributed by atoms with E-state index >= 15 is 0 Å². The van der Waals surface area contributed by atoms with Gasteiger partial charge in [-0.15, -0.1) is 18.3 Å². The lowest BCUT2D eigenvalue weighted by Gasteiger charge is -2.40. The quantitative estimate of drug-likeness (QED) is 0.393. The highest BCUT2D eigenvalue weighted by Crippen LogP contribution is 2.68. The lowest BCUT2D eigenvalue weighted by Crippen LogP contribution is -2.57. The van der Waals surface area contributed by atoms with E-state index in [0.29, 0.717) is 36.5 Å². The zero-order chi connectivity index (χ0) is 24.8. The van der Waals surface area contributed by atoms with Gasteiger partial charge in [0.2, 0.25) is 5.91 Å². The van der Waals surface area contributed by atoms with Crippen LogP contribution in [0.25, 0.3) is 0 Å². The highest BCUT2D eigenvalue weighted by molar-refractivity contribution is 8.02. The van der Waals surface area contributed by atoms with Crippen LogP contribution in [-0.2, 0) is 14.4 Å². The number of para-hydroxylation sites is 1. The summed E-state index contributed by atoms with van der Waals surface area (Å²) in [6, 6.07) is 4.62. The van der Waals surface area contributed by atoms with E-state index in [4.69, 9.17) is 11.6 Å². The number of aliphatic hydroxyl groups is 1. The maximum absolute atomic E-state index is 14.4. The summed E-state index contributed by atoms with van der Waals surface area (Å²) in [6.07, 6.45) is 3.31. The smallest absolute Gasteiger partial charge is 0.308 e. The van der Waals surface area contributed by atoms with E-state index in [-0.39, 0.29) is 36.1 Å². The number of carbonyl (C=O) groups excluding carboxylic acids is 2. The molecule has 3 fully saturated rings. The molecule has 3 saturated heterocycles. The van der Waals surface area contributed by atoms with E-state index in [1.54, 1.807) is 21.9 Å². The second-order valence-corrected chi connectivity index (χ2v) is 11.5. The van der Waals surface area contributed by atoms with Gasteiger partial charge >= 0.3 is 5.97 Å². The van der Waals surface area contributed by atoms with E-state index in [0.717, 1.165) is 5.56 Å². The number of likely N-dealkylation sites (tertiary alicyclic amines) is 1. The topological polar surface area (TPSA) is 98.2 Å². The second-order valence-electron chi connectivity index (χ2n) is 9.50. The fourth-order valence-electron chi connectivity index (χ4n) is 6.25. The first-order valence-corrected chi connectivity index (χ1v) is 13.0. The van der Waals surface area contributed by atoms with Crippen LogP contribution < -0.4 is 4.90 Å². The number of carboxylic acids is 1. The Morgan fingerprint density at radius 3 is 2.74 bits per heavy atom. The van der Waals surface area contributed by atoms with E-state index in [1.165, 1.54) is 11.8 Å². The van der Waals surface area contributed by atoms with Crippen LogP contribution >= 0.6 is 23.4 Å². The highest BCUT2D eigenvalue weighted by Gasteiger charge is 2.76. The Labute approximate surface area is 209 Å². The molecule has 2 amide bonds. The Morgan fingerprint density at radius 1 is 1.38 bits per heavy atom. The van der Waals surface area contributed by atoms with Crippen LogP contribution in [0.2, 0.25) is 5.02 Å². The minimum absolute atomic E-state index is 0.00163. The zero-order valence-electron chi connectivity index (χ0n) is 19.4. The van der Waals surface area contributed by atoms with Crippen molar-refractivity contribution in [3.05, 3.63) is 41.4 Å². The molecule has 184 valence electrons. The van der Waals surface area contributed by atoms with Gasteiger partial charge in [-0.25, -0.2) is 0 Å². The fourth-order valence-corrected chi connectivity index (χ4v) is 8.98. The lowest BCUT2D eigenvalue weighted by atomic mass is 9.66. The molecule has 1 aromatic carbocycles. The molecule has 0 aliphatic carbocycles. The number of amides is 2. The van der Waals surface area contributed by atoms with Crippen molar-refractivity contribution in [2.75, 3.05) is 24.6 Å². The van der Waals surface area contributed by atoms with Crippen molar-refractivity contribution in [1.29, 1.82) is 0 Å². The van der Waals surface area contributed by atoms with Gasteiger partial charge in [0.1, 0.15) is 6.04 Å². The summed E-state index contributed by atoms with van der Waals surface area (Å²) in [5.74, 6) is -3.05. The molecule has 0 aromatic heterocycles. The number of carbonyl (C=O) groups is 3. The normalized spacial score (nSPS) is 31.6. The number of halogens is 1. The zero-order valence-corrected chi connectivity index (χ0v) is 21.0. The Morgan fingerprint density at radius 2 is 2.12 bits per heavy atom. The van der Waals surface area contributed by atoms with Crippen LogP contribution in [0.1, 0.15) is 31.7 Å². The molecule has 3 aliphatic heterocycles. The molecule has 2 N–H and O–H groups in total. The van der Waals surface area contributed by atoms with Gasteiger partial charge in [0.05, 0.1) is 27.3 Å². The van der Waals surface area contributed by atoms with Gasteiger partial charge in [-0.3, -0.25) is 14.4 Å². The van der Waals surface area contributed by atoms with Crippen LogP contribution in [0.4, 0.5) is 5.69 Å². The first-order chi connectivity index (χ1) is 16.2. The van der Waals surface area contributed by atoms with Crippen molar-refractivity contribution in [3.63, 3.8) is 0 Å². The molecule has 7 nitrogen and oxygen atoms in total. The molecule has 1 spiro atoms. The van der Waals surface area contributed by atoms with Gasteiger partial charge in [0.15, 0.2) is 0 Å². The summed E-state index contributed by atoms with van der Waals surface area (Å²) in [5.41, 5.74) is 1.41. The Balaban J connectivity index is 1.83. The third-order valence-corrected chi connectivity index (χ3v) is 9.99. The number of rotatable bonds is 9. The molecule has 2 bridgehead atoms. The summed E-state index contributed by atoms with van der Waals surface area (Å²) in [7, 11) is 0. The SMILES string of the molecule is C=CCN(C(=O)C1N(CCCCO)C(=O)[C@@H]2[C@@H](C(=O)O)[C@H]3CC(C)C12S3)c1c(C)cccc1Cl. The molecule has 0 saturated carbocycles. The summed E-state index contributed by atoms with van der Waals surface area (Å²) < 4.78 is -0.810. The van der Waals surface area contributed by atoms with Gasteiger partial charge in [-0.2, -0.15) is 0 Å². The average molecular weight is 507 g/mol. The van der Waals surface area contributed by atoms with Crippen molar-refractivity contribution in [2.45, 2.75) is 49.1 Å². The summed E-state index contributed by atoms with van der Waals surface area (Å²) in [6.45, 7) is 8.22. The minimum Gasteiger partial charge on any atom is -0.481 e. The van der Waals surface area contributed by atoms with Crippen LogP contribution in [0.5, 0.6) is 0 Å². The third-order valence-electron chi connectivity index (χ3n) is 7.61. The number of nitrogens with zero attached hydrogens (tertiary/aromatic N) is 2. The molecule has 6 atom stereocenters. The van der Waals surface area contributed by atoms with Crippen molar-refractivity contribution in [2.24, 2.45) is 17.8 Å². The number of aryl methyl sites for hydroxylation is 1. The number of hydrogen-bond acceptors (Lipinski definition) is 5. The molecule has 0 radical (unpaired) electrons. The first-order valence-electron chi connectivity index (χ1n) is 11.7. The van der Waals surface area contributed by atoms with Gasteiger partial charge < -0.3 is 20.0 Å². The first kappa shape index (κ1) is 25.1. The summed E-state index contributed by atoms with van der Waals surface area (Å²) >= 11 is 8.06. The molecular weight excluding hydrogens is 476 g/mol. The molecule has 3 aliphatic rings. The van der Waals surface area contributed by atoms with Crippen LogP contribution in [0.15, 0.2) is 30.9 Å². The number of carboxylic acid groups (broad SMARTS) is 1. The number of fused-ring (bicyclic) bond motifs is 1. The number of hydrogen-bond donors (Lipinski definition) is 2. The van der Waals surface area contributed by atoms with Crippen LogP contribution in [-0.4, -0.2) is 68.6 Å². The van der Waals surface area contributed by atoms with Crippen molar-refractivity contribution >= 4 is 46.8 Å². The van der Waals surface area contributed by atoms with Crippen molar-refractivity contribution in [1.82, 2.24) is 4.90 Å². The standard InChI is InChI=1S/C25H31ClN2O5S/c1-4-10-27(20-14(2)8-7-9-16(20)26)23(31)21-25-15(3)13-17(34-25)18(24(32)33)19(25)22(30)28(21)11-5-6-12-29/h4,7-9,15,17-19,21,29H,1,5-6,10-13H2,2-3H3,(H,32,33)/t15?,17-,18+,19+,21?,25?/m1/s1. The van der Waals surface area contributed by atoms with Crippen LogP contribution in [0, 0.1) is 24.7 Å². The largest absolute Gasteiger partial charge is 0.481 e. The van der Waals surface area contributed by atoms with E-state index in [2.05, 4.69) is 6.58 Å². The predicted molar refractivity (Wildman–Crippen MR) is 133 cm³/mol. The third kappa shape index (κ3) is 3.65. The second kappa shape index (κ2) is 9.55. The molecule has 3 unspecified atom stereocenters. The van der Waals surface area contributed by atoms with Gasteiger partial charge in [0.25, 0.3) is 5.91 Å². The molecule has 3 heterocycles. The van der Waals surface area contributed by atoms with E-state index in [1.807, 2.05) is 26.0 Å². The molecule has 1 aromatic rings. The van der Waals surface area contributed by atoms with E-state index < -0.39 is 28.6 Å². The van der Waals surface area contributed by atoms with Crippen molar-refractivity contribution in [3.8, 4) is 0 Å². The van der Waals surface area contributed by atoms with Gasteiger partial charge in [-0.05, 0) is 43.7 Å². The number of thioether (sulfide) groups is 1. The number of anilines is 1.